The van der Waals surface area contributed by atoms with Gasteiger partial charge in [-0.05, 0) is 75.8 Å². The monoisotopic (exact) mass is 646 g/mol. The maximum atomic E-state index is 6.16. The first kappa shape index (κ1) is 41.4. The van der Waals surface area contributed by atoms with E-state index >= 15 is 0 Å². The predicted octanol–water partition coefficient (Wildman–Crippen LogP) is 13.4. The van der Waals surface area contributed by atoms with E-state index < -0.39 is 0 Å². The fourth-order valence-electron chi connectivity index (χ4n) is 5.65. The summed E-state index contributed by atoms with van der Waals surface area (Å²) in [5.74, 6) is 1.15. The average Bonchev–Trinajstić information content (AvgIpc) is 3.03. The summed E-state index contributed by atoms with van der Waals surface area (Å²) in [4.78, 5) is 13.0. The summed E-state index contributed by atoms with van der Waals surface area (Å²) in [5.41, 5.74) is 0. The Hall–Kier alpha value is -1.62. The van der Waals surface area contributed by atoms with Gasteiger partial charge in [-0.15, -0.1) is 0 Å². The number of unbranched alkanes of at least 4 members (excludes halogenated alkanes) is 24. The standard InChI is InChI=1S/C39H72ClN5/c1-3-5-7-9-11-13-15-17-19-21-23-25-27-29-31-33-35-41-38-43-37(40)44-39(45-38)42-36-34-32-30-28-26-24-22-20-18-16-14-12-10-8-6-4-2/h17-20H,3-16,21-36H2,1-2H3,(H2,41,42,43,44,45)/b19-17-,20-18-. The molecule has 0 aromatic carbocycles. The second kappa shape index (κ2) is 33.7. The highest BCUT2D eigenvalue weighted by atomic mass is 35.5. The first-order valence-electron chi connectivity index (χ1n) is 19.5. The molecule has 1 aromatic rings. The van der Waals surface area contributed by atoms with Gasteiger partial charge in [0.25, 0.3) is 0 Å². The Morgan fingerprint density at radius 3 is 1.02 bits per heavy atom. The van der Waals surface area contributed by atoms with Crippen LogP contribution in [0.25, 0.3) is 0 Å². The number of nitrogens with zero attached hydrogens (tertiary/aromatic N) is 3. The third kappa shape index (κ3) is 29.5. The molecule has 2 N–H and O–H groups in total. The van der Waals surface area contributed by atoms with Crippen LogP contribution < -0.4 is 10.6 Å². The van der Waals surface area contributed by atoms with Gasteiger partial charge in [-0.1, -0.05) is 154 Å². The zero-order valence-electron chi connectivity index (χ0n) is 29.7. The van der Waals surface area contributed by atoms with Crippen molar-refractivity contribution in [3.8, 4) is 0 Å². The van der Waals surface area contributed by atoms with Crippen LogP contribution in [0.2, 0.25) is 5.28 Å². The third-order valence-corrected chi connectivity index (χ3v) is 8.72. The van der Waals surface area contributed by atoms with Gasteiger partial charge in [-0.2, -0.15) is 15.0 Å². The Kier molecular flexibility index (Phi) is 31.0. The van der Waals surface area contributed by atoms with E-state index in [1.165, 1.54) is 167 Å². The Labute approximate surface area is 284 Å². The molecule has 6 heteroatoms. The summed E-state index contributed by atoms with van der Waals surface area (Å²) in [6.07, 6.45) is 46.6. The van der Waals surface area contributed by atoms with E-state index in [9.17, 15) is 0 Å². The lowest BCUT2D eigenvalue weighted by Crippen LogP contribution is -2.11. The van der Waals surface area contributed by atoms with E-state index in [-0.39, 0.29) is 5.28 Å². The van der Waals surface area contributed by atoms with Crippen molar-refractivity contribution >= 4 is 23.5 Å². The predicted molar refractivity (Wildman–Crippen MR) is 201 cm³/mol. The molecular formula is C39H72ClN5. The van der Waals surface area contributed by atoms with Crippen molar-refractivity contribution in [2.24, 2.45) is 0 Å². The molecule has 45 heavy (non-hydrogen) atoms. The number of rotatable bonds is 34. The molecule has 260 valence electrons. The molecule has 0 unspecified atom stereocenters. The van der Waals surface area contributed by atoms with Crippen LogP contribution in [0.5, 0.6) is 0 Å². The number of anilines is 2. The third-order valence-electron chi connectivity index (χ3n) is 8.55. The van der Waals surface area contributed by atoms with Crippen molar-refractivity contribution in [1.82, 2.24) is 15.0 Å². The van der Waals surface area contributed by atoms with E-state index in [1.54, 1.807) is 0 Å². The smallest absolute Gasteiger partial charge is 0.228 e. The molecule has 0 bridgehead atoms. The Bertz CT molecular complexity index is 750. The maximum Gasteiger partial charge on any atom is 0.228 e. The van der Waals surface area contributed by atoms with Crippen LogP contribution in [0, 0.1) is 0 Å². The number of hydrogen-bond donors (Lipinski definition) is 2. The van der Waals surface area contributed by atoms with Gasteiger partial charge in [0.2, 0.25) is 17.2 Å². The fraction of sp³-hybridized carbons (Fsp3) is 0.821. The minimum Gasteiger partial charge on any atom is -0.354 e. The molecule has 1 rings (SSSR count). The quantitative estimate of drug-likeness (QED) is 0.0576. The van der Waals surface area contributed by atoms with Crippen molar-refractivity contribution in [3.05, 3.63) is 29.6 Å². The molecule has 0 spiro atoms. The highest BCUT2D eigenvalue weighted by Crippen LogP contribution is 2.14. The number of aromatic nitrogens is 3. The van der Waals surface area contributed by atoms with Crippen LogP contribution in [0.1, 0.15) is 194 Å². The van der Waals surface area contributed by atoms with Gasteiger partial charge in [-0.3, -0.25) is 0 Å². The molecule has 0 aliphatic rings. The zero-order valence-corrected chi connectivity index (χ0v) is 30.5. The highest BCUT2D eigenvalue weighted by Gasteiger charge is 2.04. The summed E-state index contributed by atoms with van der Waals surface area (Å²) in [5, 5.41) is 6.91. The lowest BCUT2D eigenvalue weighted by Gasteiger charge is -2.08. The SMILES string of the molecule is CCCCCCCC/C=C\CCCCCCCCNc1nc(Cl)nc(NCCCCCCCC/C=C\CCCCCCCC)n1. The number of allylic oxidation sites excluding steroid dienone is 4. The van der Waals surface area contributed by atoms with Crippen LogP contribution >= 0.6 is 11.6 Å². The summed E-state index contributed by atoms with van der Waals surface area (Å²) < 4.78 is 0. The first-order chi connectivity index (χ1) is 22.3. The van der Waals surface area contributed by atoms with Gasteiger partial charge >= 0.3 is 0 Å². The van der Waals surface area contributed by atoms with Gasteiger partial charge in [0.05, 0.1) is 0 Å². The van der Waals surface area contributed by atoms with E-state index in [4.69, 9.17) is 11.6 Å². The second-order valence-corrected chi connectivity index (χ2v) is 13.3. The van der Waals surface area contributed by atoms with Gasteiger partial charge in [0.1, 0.15) is 0 Å². The zero-order chi connectivity index (χ0) is 32.3. The Morgan fingerprint density at radius 2 is 0.689 bits per heavy atom. The fourth-order valence-corrected chi connectivity index (χ4v) is 5.81. The topological polar surface area (TPSA) is 62.7 Å². The normalized spacial score (nSPS) is 11.7. The summed E-state index contributed by atoms with van der Waals surface area (Å²) in [7, 11) is 0. The lowest BCUT2D eigenvalue weighted by molar-refractivity contribution is 0.601. The molecule has 0 saturated heterocycles. The van der Waals surface area contributed by atoms with E-state index in [2.05, 4.69) is 63.7 Å². The Morgan fingerprint density at radius 1 is 0.400 bits per heavy atom. The van der Waals surface area contributed by atoms with Crippen molar-refractivity contribution in [3.63, 3.8) is 0 Å². The maximum absolute atomic E-state index is 6.16. The molecule has 5 nitrogen and oxygen atoms in total. The van der Waals surface area contributed by atoms with E-state index in [0.29, 0.717) is 11.9 Å². The van der Waals surface area contributed by atoms with Gasteiger partial charge in [-0.25, -0.2) is 0 Å². The molecule has 0 fully saturated rings. The molecule has 0 saturated carbocycles. The van der Waals surface area contributed by atoms with Gasteiger partial charge < -0.3 is 10.6 Å². The summed E-state index contributed by atoms with van der Waals surface area (Å²) >= 11 is 6.16. The summed E-state index contributed by atoms with van der Waals surface area (Å²) in [6, 6.07) is 0. The van der Waals surface area contributed by atoms with Crippen molar-refractivity contribution < 1.29 is 0 Å². The van der Waals surface area contributed by atoms with Crippen LogP contribution in [0.15, 0.2) is 24.3 Å². The number of hydrogen-bond acceptors (Lipinski definition) is 5. The average molecular weight is 646 g/mol. The van der Waals surface area contributed by atoms with Crippen LogP contribution in [-0.4, -0.2) is 28.0 Å². The second-order valence-electron chi connectivity index (χ2n) is 13.0. The minimum atomic E-state index is 0.247. The molecule has 1 aromatic heterocycles. The van der Waals surface area contributed by atoms with E-state index in [0.717, 1.165) is 25.9 Å². The van der Waals surface area contributed by atoms with Crippen LogP contribution in [0.3, 0.4) is 0 Å². The van der Waals surface area contributed by atoms with E-state index in [1.807, 2.05) is 0 Å². The molecule has 1 heterocycles. The molecule has 0 amide bonds. The van der Waals surface area contributed by atoms with Crippen LogP contribution in [0.4, 0.5) is 11.9 Å². The Balaban J connectivity index is 1.94. The number of halogens is 1. The molecule has 0 aliphatic carbocycles. The molecule has 0 aliphatic heterocycles. The van der Waals surface area contributed by atoms with Crippen molar-refractivity contribution in [1.29, 1.82) is 0 Å². The van der Waals surface area contributed by atoms with Crippen molar-refractivity contribution in [2.75, 3.05) is 23.7 Å². The highest BCUT2D eigenvalue weighted by molar-refractivity contribution is 6.28. The van der Waals surface area contributed by atoms with Gasteiger partial charge in [0.15, 0.2) is 0 Å². The van der Waals surface area contributed by atoms with Gasteiger partial charge in [0, 0.05) is 13.1 Å². The number of nitrogens with one attached hydrogen (secondary N) is 2. The lowest BCUT2D eigenvalue weighted by atomic mass is 10.1. The largest absolute Gasteiger partial charge is 0.354 e. The minimum absolute atomic E-state index is 0.247. The van der Waals surface area contributed by atoms with Crippen molar-refractivity contribution in [2.45, 2.75) is 194 Å². The summed E-state index contributed by atoms with van der Waals surface area (Å²) in [6.45, 7) is 6.31. The molecule has 0 radical (unpaired) electrons. The van der Waals surface area contributed by atoms with Crippen LogP contribution in [-0.2, 0) is 0 Å². The molecule has 0 atom stereocenters. The molecular weight excluding hydrogens is 574 g/mol. The first-order valence-corrected chi connectivity index (χ1v) is 19.8.